The van der Waals surface area contributed by atoms with E-state index in [1.54, 1.807) is 36.4 Å². The van der Waals surface area contributed by atoms with E-state index in [9.17, 15) is 4.79 Å². The highest BCUT2D eigenvalue weighted by molar-refractivity contribution is 6.35. The van der Waals surface area contributed by atoms with Gasteiger partial charge in [0.05, 0.1) is 11.1 Å². The molecule has 0 aliphatic rings. The fourth-order valence-corrected chi connectivity index (χ4v) is 2.15. The molecule has 0 bridgehead atoms. The zero-order valence-electron chi connectivity index (χ0n) is 11.6. The van der Waals surface area contributed by atoms with Gasteiger partial charge in [-0.05, 0) is 44.2 Å². The predicted molar refractivity (Wildman–Crippen MR) is 83.6 cm³/mol. The number of carbonyl (C=O) groups excluding carboxylic acids is 1. The first kappa shape index (κ1) is 15.7. The molecule has 2 aromatic rings. The van der Waals surface area contributed by atoms with Gasteiger partial charge >= 0.3 is 5.97 Å². The van der Waals surface area contributed by atoms with Gasteiger partial charge < -0.3 is 9.47 Å². The summed E-state index contributed by atoms with van der Waals surface area (Å²) in [6.45, 7) is 3.77. The van der Waals surface area contributed by atoms with Crippen molar-refractivity contribution in [1.82, 2.24) is 0 Å². The number of hydrogen-bond acceptors (Lipinski definition) is 3. The summed E-state index contributed by atoms with van der Waals surface area (Å²) in [5.74, 6) is 0.198. The van der Waals surface area contributed by atoms with E-state index in [4.69, 9.17) is 32.7 Å². The van der Waals surface area contributed by atoms with E-state index in [0.717, 1.165) is 0 Å². The van der Waals surface area contributed by atoms with Crippen LogP contribution in [0.4, 0.5) is 0 Å². The first-order chi connectivity index (χ1) is 9.97. The van der Waals surface area contributed by atoms with Crippen molar-refractivity contribution in [3.05, 3.63) is 58.1 Å². The van der Waals surface area contributed by atoms with Crippen LogP contribution in [0.3, 0.4) is 0 Å². The number of benzene rings is 2. The third-order valence-corrected chi connectivity index (χ3v) is 3.10. The minimum atomic E-state index is -0.532. The van der Waals surface area contributed by atoms with E-state index < -0.39 is 5.97 Å². The summed E-state index contributed by atoms with van der Waals surface area (Å²) in [4.78, 5) is 12.3. The van der Waals surface area contributed by atoms with Crippen LogP contribution in [0.1, 0.15) is 24.2 Å². The highest BCUT2D eigenvalue weighted by Gasteiger charge is 2.16. The number of para-hydroxylation sites is 1. The summed E-state index contributed by atoms with van der Waals surface area (Å²) in [5.41, 5.74) is 0.345. The van der Waals surface area contributed by atoms with E-state index in [-0.39, 0.29) is 16.9 Å². The van der Waals surface area contributed by atoms with Crippen molar-refractivity contribution < 1.29 is 14.3 Å². The molecule has 0 heterocycles. The molecular formula is C16H14Cl2O3. The van der Waals surface area contributed by atoms with Crippen molar-refractivity contribution in [2.45, 2.75) is 20.0 Å². The lowest BCUT2D eigenvalue weighted by molar-refractivity contribution is 0.0728. The topological polar surface area (TPSA) is 35.5 Å². The Labute approximate surface area is 133 Å². The van der Waals surface area contributed by atoms with E-state index in [2.05, 4.69) is 0 Å². The predicted octanol–water partition coefficient (Wildman–Crippen LogP) is 5.00. The van der Waals surface area contributed by atoms with Crippen LogP contribution in [0.15, 0.2) is 42.5 Å². The summed E-state index contributed by atoms with van der Waals surface area (Å²) in [6.07, 6.45) is -0.0435. The highest BCUT2D eigenvalue weighted by Crippen LogP contribution is 2.29. The summed E-state index contributed by atoms with van der Waals surface area (Å²) in [7, 11) is 0. The van der Waals surface area contributed by atoms with E-state index in [0.29, 0.717) is 16.3 Å². The summed E-state index contributed by atoms with van der Waals surface area (Å²) in [6, 6.07) is 11.6. The average Bonchev–Trinajstić information content (AvgIpc) is 2.42. The van der Waals surface area contributed by atoms with Crippen LogP contribution in [-0.4, -0.2) is 12.1 Å². The van der Waals surface area contributed by atoms with Crippen LogP contribution in [0.5, 0.6) is 11.5 Å². The Hall–Kier alpha value is -1.71. The minimum Gasteiger partial charge on any atom is -0.490 e. The first-order valence-electron chi connectivity index (χ1n) is 6.40. The van der Waals surface area contributed by atoms with Gasteiger partial charge in [-0.1, -0.05) is 35.3 Å². The average molecular weight is 325 g/mol. The zero-order valence-corrected chi connectivity index (χ0v) is 13.1. The lowest BCUT2D eigenvalue weighted by atomic mass is 10.2. The summed E-state index contributed by atoms with van der Waals surface area (Å²) < 4.78 is 10.9. The molecule has 0 radical (unpaired) electrons. The Bertz CT molecular complexity index is 654. The largest absolute Gasteiger partial charge is 0.490 e. The summed E-state index contributed by atoms with van der Waals surface area (Å²) in [5, 5.41) is 0.751. The van der Waals surface area contributed by atoms with Gasteiger partial charge in [-0.25, -0.2) is 4.79 Å². The molecule has 0 aliphatic carbocycles. The lowest BCUT2D eigenvalue weighted by Crippen LogP contribution is -2.13. The molecule has 0 N–H and O–H groups in total. The molecule has 2 aromatic carbocycles. The molecule has 0 aliphatic heterocycles. The molecule has 0 amide bonds. The number of ether oxygens (including phenoxy) is 2. The molecule has 3 nitrogen and oxygen atoms in total. The molecule has 0 spiro atoms. The van der Waals surface area contributed by atoms with Gasteiger partial charge in [0.25, 0.3) is 0 Å². The molecule has 0 unspecified atom stereocenters. The molecular weight excluding hydrogens is 311 g/mol. The Morgan fingerprint density at radius 1 is 1.05 bits per heavy atom. The van der Waals surface area contributed by atoms with E-state index in [1.807, 2.05) is 13.8 Å². The number of carbonyl (C=O) groups is 1. The molecule has 21 heavy (non-hydrogen) atoms. The minimum absolute atomic E-state index is 0.0435. The van der Waals surface area contributed by atoms with Crippen LogP contribution < -0.4 is 9.47 Å². The van der Waals surface area contributed by atoms with E-state index in [1.165, 1.54) is 6.07 Å². The van der Waals surface area contributed by atoms with Crippen molar-refractivity contribution in [1.29, 1.82) is 0 Å². The number of rotatable bonds is 4. The van der Waals surface area contributed by atoms with Gasteiger partial charge in [0.2, 0.25) is 0 Å². The van der Waals surface area contributed by atoms with Crippen molar-refractivity contribution >= 4 is 29.2 Å². The van der Waals surface area contributed by atoms with Gasteiger partial charge in [-0.2, -0.15) is 0 Å². The molecule has 110 valence electrons. The third-order valence-electron chi connectivity index (χ3n) is 2.57. The maximum absolute atomic E-state index is 12.3. The fourth-order valence-electron chi connectivity index (χ4n) is 1.70. The number of halogens is 2. The van der Waals surface area contributed by atoms with Gasteiger partial charge in [0.15, 0.2) is 0 Å². The number of esters is 1. The zero-order chi connectivity index (χ0) is 15.4. The van der Waals surface area contributed by atoms with E-state index >= 15 is 0 Å². The molecule has 0 fully saturated rings. The SMILES string of the molecule is CC(C)Oc1ccccc1C(=O)Oc1ccc(Cl)cc1Cl. The van der Waals surface area contributed by atoms with Crippen molar-refractivity contribution in [2.75, 3.05) is 0 Å². The maximum Gasteiger partial charge on any atom is 0.347 e. The van der Waals surface area contributed by atoms with Crippen LogP contribution in [0, 0.1) is 0 Å². The molecule has 0 saturated heterocycles. The molecule has 0 atom stereocenters. The van der Waals surface area contributed by atoms with Crippen LogP contribution >= 0.6 is 23.2 Å². The normalized spacial score (nSPS) is 10.5. The van der Waals surface area contributed by atoms with Gasteiger partial charge in [-0.3, -0.25) is 0 Å². The van der Waals surface area contributed by atoms with Crippen molar-refractivity contribution in [3.63, 3.8) is 0 Å². The van der Waals surface area contributed by atoms with Gasteiger partial charge in [0, 0.05) is 5.02 Å². The number of hydrogen-bond donors (Lipinski definition) is 0. The van der Waals surface area contributed by atoms with Crippen LogP contribution in [-0.2, 0) is 0 Å². The molecule has 0 aromatic heterocycles. The lowest BCUT2D eigenvalue weighted by Gasteiger charge is -2.13. The van der Waals surface area contributed by atoms with Crippen molar-refractivity contribution in [3.8, 4) is 11.5 Å². The quantitative estimate of drug-likeness (QED) is 0.586. The Morgan fingerprint density at radius 3 is 2.43 bits per heavy atom. The second-order valence-corrected chi connectivity index (χ2v) is 5.47. The molecule has 0 saturated carbocycles. The van der Waals surface area contributed by atoms with Gasteiger partial charge in [0.1, 0.15) is 17.1 Å². The third kappa shape index (κ3) is 4.13. The Balaban J connectivity index is 2.24. The second-order valence-electron chi connectivity index (χ2n) is 4.63. The second kappa shape index (κ2) is 6.83. The monoisotopic (exact) mass is 324 g/mol. The highest BCUT2D eigenvalue weighted by atomic mass is 35.5. The smallest absolute Gasteiger partial charge is 0.347 e. The maximum atomic E-state index is 12.3. The first-order valence-corrected chi connectivity index (χ1v) is 7.16. The van der Waals surface area contributed by atoms with Crippen molar-refractivity contribution in [2.24, 2.45) is 0 Å². The molecule has 2 rings (SSSR count). The van der Waals surface area contributed by atoms with Crippen LogP contribution in [0.2, 0.25) is 10.0 Å². The Kier molecular flexibility index (Phi) is 5.10. The standard InChI is InChI=1S/C16H14Cl2O3/c1-10(2)20-14-6-4-3-5-12(14)16(19)21-15-8-7-11(17)9-13(15)18/h3-10H,1-2H3. The Morgan fingerprint density at radius 2 is 1.76 bits per heavy atom. The van der Waals surface area contributed by atoms with Crippen LogP contribution in [0.25, 0.3) is 0 Å². The molecule has 5 heteroatoms. The van der Waals surface area contributed by atoms with Gasteiger partial charge in [-0.15, -0.1) is 0 Å². The fraction of sp³-hybridized carbons (Fsp3) is 0.188. The summed E-state index contributed by atoms with van der Waals surface area (Å²) >= 11 is 11.8.